The molecular formula is C81H112N8O15S4. The molecule has 0 saturated heterocycles. The van der Waals surface area contributed by atoms with Crippen LogP contribution in [0.5, 0.6) is 17.2 Å². The van der Waals surface area contributed by atoms with Crippen LogP contribution in [-0.4, -0.2) is 105 Å². The van der Waals surface area contributed by atoms with Gasteiger partial charge in [-0.15, -0.1) is 10.2 Å². The van der Waals surface area contributed by atoms with Crippen molar-refractivity contribution in [1.82, 2.24) is 4.90 Å². The quantitative estimate of drug-likeness (QED) is 0.00778. The second-order valence-electron chi connectivity index (χ2n) is 28.2. The number of methoxy groups -OCH3 is 1. The summed E-state index contributed by atoms with van der Waals surface area (Å²) in [6.45, 7) is 6.98. The SMILES string of the molecule is CCCCCCCCCCCCCCCCCCN(CCCCCCCCCCCCCCCCCC)C(=O)c1cc(NS(=O)(=O)c2ccc(OC)c(S(=O)(=O)Nc3cccc4c(O)c(C(=O)N(CC)c5ccc(NS(C)(=O)=O)cc5)cc(N=Nc5ccc([N+](=O)[O-])cc5S(C)(=O)=O)c34)c2)c2ccccc2c1O. The van der Waals surface area contributed by atoms with Crippen LogP contribution in [0.25, 0.3) is 21.5 Å². The van der Waals surface area contributed by atoms with E-state index in [1.807, 2.05) is 0 Å². The highest BCUT2D eigenvalue weighted by Crippen LogP contribution is 2.44. The molecule has 27 heteroatoms. The van der Waals surface area contributed by atoms with Crippen LogP contribution in [0.3, 0.4) is 0 Å². The molecule has 0 aromatic heterocycles. The third-order valence-electron chi connectivity index (χ3n) is 19.5. The molecule has 0 aliphatic carbocycles. The fourth-order valence-electron chi connectivity index (χ4n) is 13.6. The summed E-state index contributed by atoms with van der Waals surface area (Å²) in [4.78, 5) is 41.8. The van der Waals surface area contributed by atoms with Gasteiger partial charge in [0.05, 0.1) is 51.4 Å². The van der Waals surface area contributed by atoms with Gasteiger partial charge >= 0.3 is 0 Å². The van der Waals surface area contributed by atoms with Crippen molar-refractivity contribution in [3.05, 3.63) is 137 Å². The fourth-order valence-corrected chi connectivity index (χ4v) is 17.4. The monoisotopic (exact) mass is 1560 g/mol. The molecule has 108 heavy (non-hydrogen) atoms. The van der Waals surface area contributed by atoms with Crippen LogP contribution in [0.2, 0.25) is 0 Å². The number of carbonyl (C=O) groups excluding carboxylic acids is 2. The number of fused-ring (bicyclic) bond motifs is 2. The number of ether oxygens (including phenoxy) is 1. The fraction of sp³-hybridized carbons (Fsp3) is 0.506. The lowest BCUT2D eigenvalue weighted by atomic mass is 10.0. The molecule has 0 heterocycles. The second kappa shape index (κ2) is 43.1. The molecule has 7 aromatic carbocycles. The first-order valence-corrected chi connectivity index (χ1v) is 45.3. The highest BCUT2D eigenvalue weighted by molar-refractivity contribution is 7.93. The molecule has 0 bridgehead atoms. The molecule has 590 valence electrons. The highest BCUT2D eigenvalue weighted by atomic mass is 32.2. The maximum absolute atomic E-state index is 15.1. The number of sulfonamides is 3. The minimum absolute atomic E-state index is 0.0111. The third-order valence-corrected chi connectivity index (χ3v) is 24.0. The van der Waals surface area contributed by atoms with Crippen LogP contribution in [-0.2, 0) is 39.9 Å². The minimum atomic E-state index is -5.02. The number of hydrogen-bond acceptors (Lipinski definition) is 17. The maximum Gasteiger partial charge on any atom is 0.270 e. The molecule has 0 aliphatic rings. The van der Waals surface area contributed by atoms with Crippen LogP contribution in [0.1, 0.15) is 247 Å². The number of sulfone groups is 1. The molecule has 2 amide bonds. The summed E-state index contributed by atoms with van der Waals surface area (Å²) < 4.78 is 123. The zero-order chi connectivity index (χ0) is 78.3. The largest absolute Gasteiger partial charge is 0.506 e. The maximum atomic E-state index is 15.1. The number of hydrogen-bond donors (Lipinski definition) is 5. The van der Waals surface area contributed by atoms with Crippen molar-refractivity contribution < 1.29 is 63.1 Å². The first-order chi connectivity index (χ1) is 51.7. The van der Waals surface area contributed by atoms with Gasteiger partial charge in [-0.25, -0.2) is 33.7 Å². The molecule has 7 aromatic rings. The molecule has 23 nitrogen and oxygen atoms in total. The van der Waals surface area contributed by atoms with Gasteiger partial charge in [-0.2, -0.15) is 0 Å². The summed E-state index contributed by atoms with van der Waals surface area (Å²) >= 11 is 0. The third kappa shape index (κ3) is 26.2. The van der Waals surface area contributed by atoms with Gasteiger partial charge in [0.2, 0.25) is 10.0 Å². The Morgan fingerprint density at radius 2 is 0.935 bits per heavy atom. The van der Waals surface area contributed by atoms with Gasteiger partial charge in [-0.1, -0.05) is 243 Å². The van der Waals surface area contributed by atoms with E-state index in [2.05, 4.69) is 38.2 Å². The Kier molecular flexibility index (Phi) is 34.7. The molecule has 0 fully saturated rings. The molecule has 0 aliphatic heterocycles. The number of nitro groups is 1. The van der Waals surface area contributed by atoms with E-state index < -0.39 is 94.0 Å². The average Bonchev–Trinajstić information content (AvgIpc) is 0.751. The van der Waals surface area contributed by atoms with E-state index in [1.54, 1.807) is 36.1 Å². The Hall–Kier alpha value is -8.40. The van der Waals surface area contributed by atoms with Gasteiger partial charge in [0.1, 0.15) is 32.7 Å². The lowest BCUT2D eigenvalue weighted by Crippen LogP contribution is -2.33. The lowest BCUT2D eigenvalue weighted by Gasteiger charge is -2.24. The van der Waals surface area contributed by atoms with Gasteiger partial charge < -0.3 is 24.7 Å². The normalized spacial score (nSPS) is 12.1. The Labute approximate surface area is 640 Å². The van der Waals surface area contributed by atoms with E-state index in [0.717, 1.165) is 119 Å². The number of nitrogens with zero attached hydrogens (tertiary/aromatic N) is 5. The minimum Gasteiger partial charge on any atom is -0.506 e. The summed E-state index contributed by atoms with van der Waals surface area (Å²) in [7, 11) is -16.6. The number of phenols is 2. The Morgan fingerprint density at radius 3 is 1.42 bits per heavy atom. The number of benzene rings is 7. The number of nitro benzene ring substituents is 1. The van der Waals surface area contributed by atoms with Gasteiger partial charge in [0.15, 0.2) is 9.84 Å². The predicted molar refractivity (Wildman–Crippen MR) is 433 cm³/mol. The number of amides is 2. The molecular weight excluding hydrogens is 1450 g/mol. The second-order valence-corrected chi connectivity index (χ2v) is 35.2. The Balaban J connectivity index is 1.15. The van der Waals surface area contributed by atoms with Crippen molar-refractivity contribution in [2.24, 2.45) is 10.2 Å². The van der Waals surface area contributed by atoms with Crippen molar-refractivity contribution in [3.8, 4) is 17.2 Å². The molecule has 0 atom stereocenters. The number of carbonyl (C=O) groups is 2. The van der Waals surface area contributed by atoms with Crippen molar-refractivity contribution in [2.75, 3.05) is 58.3 Å². The van der Waals surface area contributed by atoms with Crippen LogP contribution in [0.15, 0.2) is 140 Å². The van der Waals surface area contributed by atoms with Crippen molar-refractivity contribution in [3.63, 3.8) is 0 Å². The summed E-state index contributed by atoms with van der Waals surface area (Å²) in [6, 6.07) is 24.5. The molecule has 0 saturated carbocycles. The first-order valence-electron chi connectivity index (χ1n) is 38.6. The van der Waals surface area contributed by atoms with E-state index in [4.69, 9.17) is 4.74 Å². The van der Waals surface area contributed by atoms with Crippen LogP contribution in [0.4, 0.5) is 39.8 Å². The molecule has 0 unspecified atom stereocenters. The smallest absolute Gasteiger partial charge is 0.270 e. The van der Waals surface area contributed by atoms with E-state index in [1.165, 1.54) is 202 Å². The van der Waals surface area contributed by atoms with Crippen LogP contribution >= 0.6 is 0 Å². The van der Waals surface area contributed by atoms with E-state index in [0.29, 0.717) is 13.1 Å². The number of rotatable bonds is 51. The van der Waals surface area contributed by atoms with E-state index in [9.17, 15) is 50.4 Å². The van der Waals surface area contributed by atoms with E-state index >= 15 is 13.2 Å². The van der Waals surface area contributed by atoms with Crippen LogP contribution in [0, 0.1) is 10.1 Å². The number of phenolic OH excluding ortho intramolecular Hbond substituents is 2. The van der Waals surface area contributed by atoms with Gasteiger partial charge in [0.25, 0.3) is 37.5 Å². The van der Waals surface area contributed by atoms with Crippen molar-refractivity contribution in [2.45, 2.75) is 241 Å². The van der Waals surface area contributed by atoms with Crippen LogP contribution < -0.4 is 23.8 Å². The topological polar surface area (TPSA) is 331 Å². The summed E-state index contributed by atoms with van der Waals surface area (Å²) in [5.41, 5.74) is -1.79. The number of aromatic hydroxyl groups is 2. The van der Waals surface area contributed by atoms with Crippen molar-refractivity contribution in [1.29, 1.82) is 0 Å². The number of nitrogens with one attached hydrogen (secondary N) is 3. The van der Waals surface area contributed by atoms with E-state index in [-0.39, 0.29) is 73.6 Å². The Morgan fingerprint density at radius 1 is 0.472 bits per heavy atom. The summed E-state index contributed by atoms with van der Waals surface area (Å²) in [5.74, 6) is -2.61. The van der Waals surface area contributed by atoms with Gasteiger partial charge in [0, 0.05) is 70.9 Å². The predicted octanol–water partition coefficient (Wildman–Crippen LogP) is 20.7. The van der Waals surface area contributed by atoms with Crippen molar-refractivity contribution >= 4 is 113 Å². The molecule has 0 radical (unpaired) electrons. The Bertz CT molecular complexity index is 4600. The van der Waals surface area contributed by atoms with Gasteiger partial charge in [-0.05, 0) is 86.5 Å². The highest BCUT2D eigenvalue weighted by Gasteiger charge is 2.31. The zero-order valence-corrected chi connectivity index (χ0v) is 67.1. The molecule has 0 spiro atoms. The lowest BCUT2D eigenvalue weighted by molar-refractivity contribution is -0.385. The standard InChI is InChI=1S/C81H112N8O15S4/c1-7-10-12-14-16-18-20-22-24-26-28-30-32-34-36-40-55-87(56-41-37-35-33-31-29-27-25-23-21-19-17-15-13-11-8-2)80(92)68-59-72(65-43-38-39-44-66(65)78(68)90)86-107(100,101)64-52-54-74(104-4)76(58-64)108(102,103)85-71-46-42-45-67-77(71)73(83-82-70-53-51-63(89(94)95)57-75(70)105(5,96)97)60-69(79(67)91)81(93)88(9-3)62-49-47-61(48-50-62)84-106(6,98)99/h38-39,42-54,57-60,84-86,90-91H,7-37,40-41,55-56H2,1-6H3. The summed E-state index contributed by atoms with van der Waals surface area (Å²) in [6.07, 6.45) is 40.2. The average molecular weight is 1570 g/mol. The van der Waals surface area contributed by atoms with Gasteiger partial charge in [-0.3, -0.25) is 33.9 Å². The zero-order valence-electron chi connectivity index (χ0n) is 63.8. The number of anilines is 4. The molecule has 5 N–H and O–H groups in total. The first kappa shape index (κ1) is 86.8. The number of unbranched alkanes of at least 4 members (excludes halogenated alkanes) is 30. The summed E-state index contributed by atoms with van der Waals surface area (Å²) in [5, 5.41) is 44.5. The molecule has 7 rings (SSSR count). The number of non-ortho nitro benzene ring substituents is 1. The number of azo groups is 1.